The van der Waals surface area contributed by atoms with E-state index in [4.69, 9.17) is 0 Å². The van der Waals surface area contributed by atoms with Crippen LogP contribution < -0.4 is 5.32 Å². The molecule has 0 radical (unpaired) electrons. The standard InChI is InChI=1S/C12H27N3O2S/c1-4-12(2)11-14(3)18(16,17)10-9-15-7-5-13-6-8-15/h12-13H,4-11H2,1-3H3. The fraction of sp³-hybridized carbons (Fsp3) is 1.00. The molecule has 1 N–H and O–H groups in total. The molecule has 5 nitrogen and oxygen atoms in total. The summed E-state index contributed by atoms with van der Waals surface area (Å²) in [6.07, 6.45) is 1.01. The topological polar surface area (TPSA) is 52.7 Å². The van der Waals surface area contributed by atoms with E-state index in [1.165, 1.54) is 4.31 Å². The van der Waals surface area contributed by atoms with E-state index in [1.807, 2.05) is 0 Å². The quantitative estimate of drug-likeness (QED) is 0.722. The smallest absolute Gasteiger partial charge is 0.215 e. The molecule has 18 heavy (non-hydrogen) atoms. The Kier molecular flexibility index (Phi) is 6.55. The van der Waals surface area contributed by atoms with Gasteiger partial charge in [0.2, 0.25) is 10.0 Å². The lowest BCUT2D eigenvalue weighted by molar-refractivity contribution is 0.252. The zero-order chi connectivity index (χ0) is 13.6. The second kappa shape index (κ2) is 7.43. The lowest BCUT2D eigenvalue weighted by Crippen LogP contribution is -2.46. The van der Waals surface area contributed by atoms with Crippen molar-refractivity contribution in [3.8, 4) is 0 Å². The Hall–Kier alpha value is -0.170. The Morgan fingerprint density at radius 2 is 1.94 bits per heavy atom. The summed E-state index contributed by atoms with van der Waals surface area (Å²) in [5.41, 5.74) is 0. The Morgan fingerprint density at radius 3 is 2.50 bits per heavy atom. The van der Waals surface area contributed by atoms with Crippen LogP contribution >= 0.6 is 0 Å². The third-order valence-electron chi connectivity index (χ3n) is 3.62. The molecule has 1 aliphatic rings. The maximum Gasteiger partial charge on any atom is 0.215 e. The van der Waals surface area contributed by atoms with Gasteiger partial charge in [-0.3, -0.25) is 4.90 Å². The van der Waals surface area contributed by atoms with E-state index in [2.05, 4.69) is 24.1 Å². The monoisotopic (exact) mass is 277 g/mol. The number of nitrogens with one attached hydrogen (secondary N) is 1. The largest absolute Gasteiger partial charge is 0.314 e. The fourth-order valence-corrected chi connectivity index (χ4v) is 3.30. The van der Waals surface area contributed by atoms with Gasteiger partial charge in [-0.1, -0.05) is 20.3 Å². The van der Waals surface area contributed by atoms with Gasteiger partial charge in [0.1, 0.15) is 0 Å². The van der Waals surface area contributed by atoms with E-state index in [1.54, 1.807) is 7.05 Å². The van der Waals surface area contributed by atoms with E-state index in [0.29, 0.717) is 19.0 Å². The minimum absolute atomic E-state index is 0.236. The summed E-state index contributed by atoms with van der Waals surface area (Å²) in [6.45, 7) is 9.27. The van der Waals surface area contributed by atoms with Crippen LogP contribution in [0, 0.1) is 5.92 Å². The van der Waals surface area contributed by atoms with Crippen LogP contribution in [0.2, 0.25) is 0 Å². The normalized spacial score (nSPS) is 20.2. The average molecular weight is 277 g/mol. The highest BCUT2D eigenvalue weighted by Crippen LogP contribution is 2.07. The van der Waals surface area contributed by atoms with Crippen LogP contribution in [0.1, 0.15) is 20.3 Å². The van der Waals surface area contributed by atoms with E-state index in [0.717, 1.165) is 32.6 Å². The number of piperazine rings is 1. The molecule has 108 valence electrons. The van der Waals surface area contributed by atoms with Crippen LogP contribution in [0.4, 0.5) is 0 Å². The molecule has 0 amide bonds. The van der Waals surface area contributed by atoms with Gasteiger partial charge in [-0.2, -0.15) is 0 Å². The number of hydrogen-bond acceptors (Lipinski definition) is 4. The molecule has 1 heterocycles. The first-order valence-corrected chi connectivity index (χ1v) is 8.43. The van der Waals surface area contributed by atoms with Crippen molar-refractivity contribution in [3.05, 3.63) is 0 Å². The first-order chi connectivity index (χ1) is 8.45. The molecule has 1 aliphatic heterocycles. The average Bonchev–Trinajstić information content (AvgIpc) is 2.37. The molecule has 1 unspecified atom stereocenters. The molecule has 1 rings (SSSR count). The van der Waals surface area contributed by atoms with Gasteiger partial charge in [0, 0.05) is 46.3 Å². The van der Waals surface area contributed by atoms with Gasteiger partial charge in [-0.05, 0) is 5.92 Å². The van der Waals surface area contributed by atoms with Crippen molar-refractivity contribution < 1.29 is 8.42 Å². The Bertz CT molecular complexity index is 326. The van der Waals surface area contributed by atoms with Crippen molar-refractivity contribution >= 4 is 10.0 Å². The molecule has 0 aromatic rings. The molecular formula is C12H27N3O2S. The summed E-state index contributed by atoms with van der Waals surface area (Å²) in [5.74, 6) is 0.656. The minimum atomic E-state index is -3.09. The van der Waals surface area contributed by atoms with Gasteiger partial charge < -0.3 is 5.32 Å². The van der Waals surface area contributed by atoms with Crippen LogP contribution in [0.5, 0.6) is 0 Å². The molecule has 1 saturated heterocycles. The molecule has 1 atom stereocenters. The Labute approximate surface area is 112 Å². The predicted molar refractivity (Wildman–Crippen MR) is 75.2 cm³/mol. The van der Waals surface area contributed by atoms with Crippen molar-refractivity contribution in [2.75, 3.05) is 52.1 Å². The van der Waals surface area contributed by atoms with Crippen LogP contribution in [0.3, 0.4) is 0 Å². The highest BCUT2D eigenvalue weighted by molar-refractivity contribution is 7.89. The van der Waals surface area contributed by atoms with Crippen molar-refractivity contribution in [2.45, 2.75) is 20.3 Å². The zero-order valence-electron chi connectivity index (χ0n) is 11.9. The summed E-state index contributed by atoms with van der Waals surface area (Å²) in [6, 6.07) is 0. The molecule has 0 aromatic heterocycles. The first kappa shape index (κ1) is 15.9. The SMILES string of the molecule is CCC(C)CN(C)S(=O)(=O)CCN1CCNCC1. The highest BCUT2D eigenvalue weighted by Gasteiger charge is 2.21. The first-order valence-electron chi connectivity index (χ1n) is 6.82. The molecule has 0 aliphatic carbocycles. The second-order valence-electron chi connectivity index (χ2n) is 5.20. The van der Waals surface area contributed by atoms with E-state index in [-0.39, 0.29) is 5.75 Å². The molecule has 6 heteroatoms. The summed E-state index contributed by atoms with van der Waals surface area (Å²) >= 11 is 0. The van der Waals surface area contributed by atoms with Crippen LogP contribution in [0.15, 0.2) is 0 Å². The molecule has 0 saturated carbocycles. The third-order valence-corrected chi connectivity index (χ3v) is 5.41. The van der Waals surface area contributed by atoms with Crippen molar-refractivity contribution in [3.63, 3.8) is 0 Å². The third kappa shape index (κ3) is 5.22. The van der Waals surface area contributed by atoms with Crippen molar-refractivity contribution in [1.29, 1.82) is 0 Å². The Morgan fingerprint density at radius 1 is 1.33 bits per heavy atom. The van der Waals surface area contributed by atoms with Gasteiger partial charge in [-0.15, -0.1) is 0 Å². The minimum Gasteiger partial charge on any atom is -0.314 e. The van der Waals surface area contributed by atoms with E-state index in [9.17, 15) is 8.42 Å². The lowest BCUT2D eigenvalue weighted by Gasteiger charge is -2.28. The van der Waals surface area contributed by atoms with Crippen LogP contribution in [-0.2, 0) is 10.0 Å². The second-order valence-corrected chi connectivity index (χ2v) is 7.40. The maximum atomic E-state index is 12.1. The highest BCUT2D eigenvalue weighted by atomic mass is 32.2. The molecule has 0 spiro atoms. The van der Waals surface area contributed by atoms with E-state index < -0.39 is 10.0 Å². The summed E-state index contributed by atoms with van der Waals surface area (Å²) in [4.78, 5) is 2.21. The van der Waals surface area contributed by atoms with Gasteiger partial charge in [0.25, 0.3) is 0 Å². The molecular weight excluding hydrogens is 250 g/mol. The summed E-state index contributed by atoms with van der Waals surface area (Å²) in [5, 5.41) is 3.27. The molecule has 0 bridgehead atoms. The van der Waals surface area contributed by atoms with Crippen LogP contribution in [0.25, 0.3) is 0 Å². The molecule has 0 aromatic carbocycles. The Balaban J connectivity index is 2.38. The van der Waals surface area contributed by atoms with Gasteiger partial charge in [0.15, 0.2) is 0 Å². The zero-order valence-corrected chi connectivity index (χ0v) is 12.7. The number of sulfonamides is 1. The maximum absolute atomic E-state index is 12.1. The summed E-state index contributed by atoms with van der Waals surface area (Å²) < 4.78 is 25.7. The van der Waals surface area contributed by atoms with Crippen molar-refractivity contribution in [2.24, 2.45) is 5.92 Å². The number of hydrogen-bond donors (Lipinski definition) is 1. The lowest BCUT2D eigenvalue weighted by atomic mass is 10.1. The van der Waals surface area contributed by atoms with Gasteiger partial charge in [-0.25, -0.2) is 12.7 Å². The van der Waals surface area contributed by atoms with Gasteiger partial charge in [0.05, 0.1) is 5.75 Å². The predicted octanol–water partition coefficient (Wildman–Crippen LogP) is 0.199. The number of nitrogens with zero attached hydrogens (tertiary/aromatic N) is 2. The van der Waals surface area contributed by atoms with Crippen molar-refractivity contribution in [1.82, 2.24) is 14.5 Å². The fourth-order valence-electron chi connectivity index (χ4n) is 2.02. The molecule has 1 fully saturated rings. The van der Waals surface area contributed by atoms with Gasteiger partial charge >= 0.3 is 0 Å². The number of rotatable bonds is 7. The van der Waals surface area contributed by atoms with Crippen LogP contribution in [-0.4, -0.2) is 69.7 Å². The summed E-state index contributed by atoms with van der Waals surface area (Å²) in [7, 11) is -1.40. The van der Waals surface area contributed by atoms with E-state index >= 15 is 0 Å².